The van der Waals surface area contributed by atoms with Gasteiger partial charge in [0, 0.05) is 51.2 Å². The molecule has 3 N–H and O–H groups in total. The topological polar surface area (TPSA) is 94.6 Å². The molecule has 158 valence electrons. The van der Waals surface area contributed by atoms with Gasteiger partial charge in [0.15, 0.2) is 0 Å². The fourth-order valence-corrected chi connectivity index (χ4v) is 3.60. The second-order valence-corrected chi connectivity index (χ2v) is 7.41. The van der Waals surface area contributed by atoms with Crippen molar-refractivity contribution in [2.45, 2.75) is 6.42 Å². The molecule has 8 nitrogen and oxygen atoms in total. The Hall–Kier alpha value is -3.10. The quantitative estimate of drug-likeness (QED) is 0.554. The first kappa shape index (κ1) is 20.2. The maximum Gasteiger partial charge on any atom is 0.252 e. The summed E-state index contributed by atoms with van der Waals surface area (Å²) in [5, 5.41) is 8.40. The summed E-state index contributed by atoms with van der Waals surface area (Å²) >= 11 is 0. The predicted octanol–water partition coefficient (Wildman–Crippen LogP) is 2.14. The molecule has 0 radical (unpaired) electrons. The third-order valence-electron chi connectivity index (χ3n) is 5.26. The highest BCUT2D eigenvalue weighted by Crippen LogP contribution is 2.30. The predicted molar refractivity (Wildman–Crippen MR) is 115 cm³/mol. The van der Waals surface area contributed by atoms with Crippen molar-refractivity contribution >= 4 is 16.8 Å². The van der Waals surface area contributed by atoms with Crippen LogP contribution in [0.25, 0.3) is 10.9 Å². The number of carbonyl (C=O) groups is 1. The lowest BCUT2D eigenvalue weighted by Crippen LogP contribution is -2.43. The Morgan fingerprint density at radius 2 is 1.90 bits per heavy atom. The molecule has 30 heavy (non-hydrogen) atoms. The summed E-state index contributed by atoms with van der Waals surface area (Å²) in [4.78, 5) is 14.3. The zero-order valence-corrected chi connectivity index (χ0v) is 17.1. The molecule has 0 spiro atoms. The highest BCUT2D eigenvalue weighted by atomic mass is 16.5. The summed E-state index contributed by atoms with van der Waals surface area (Å²) in [6.07, 6.45) is 2.69. The van der Waals surface area contributed by atoms with Crippen LogP contribution in [0.3, 0.4) is 0 Å². The first-order chi connectivity index (χ1) is 14.6. The van der Waals surface area contributed by atoms with Crippen LogP contribution in [0.2, 0.25) is 0 Å². The van der Waals surface area contributed by atoms with Crippen molar-refractivity contribution in [2.75, 3.05) is 39.3 Å². The average molecular weight is 409 g/mol. The highest BCUT2D eigenvalue weighted by Gasteiger charge is 2.14. The van der Waals surface area contributed by atoms with Gasteiger partial charge in [-0.2, -0.15) is 5.10 Å². The molecule has 1 aliphatic heterocycles. The largest absolute Gasteiger partial charge is 0.494 e. The van der Waals surface area contributed by atoms with Crippen LogP contribution < -0.4 is 20.5 Å². The number of primary amides is 1. The molecule has 0 atom stereocenters. The first-order valence-electron chi connectivity index (χ1n) is 10.2. The number of amides is 1. The summed E-state index contributed by atoms with van der Waals surface area (Å²) in [5.41, 5.74) is 6.72. The number of aryl methyl sites for hydroxylation is 1. The third kappa shape index (κ3) is 4.72. The summed E-state index contributed by atoms with van der Waals surface area (Å²) in [5.74, 6) is 1.26. The molecule has 8 heteroatoms. The van der Waals surface area contributed by atoms with Gasteiger partial charge in [-0.05, 0) is 36.8 Å². The normalized spacial score (nSPS) is 14.7. The van der Waals surface area contributed by atoms with Gasteiger partial charge in [0.1, 0.15) is 17.2 Å². The number of piperazine rings is 1. The van der Waals surface area contributed by atoms with Crippen LogP contribution in [0.1, 0.15) is 16.8 Å². The average Bonchev–Trinajstić information content (AvgIpc) is 3.12. The zero-order chi connectivity index (χ0) is 20.9. The highest BCUT2D eigenvalue weighted by molar-refractivity contribution is 6.00. The molecule has 0 aliphatic carbocycles. The van der Waals surface area contributed by atoms with Gasteiger partial charge in [-0.3, -0.25) is 9.48 Å². The maximum atomic E-state index is 11.9. The van der Waals surface area contributed by atoms with E-state index in [2.05, 4.69) is 15.3 Å². The van der Waals surface area contributed by atoms with Crippen molar-refractivity contribution in [1.82, 2.24) is 20.0 Å². The van der Waals surface area contributed by atoms with E-state index in [4.69, 9.17) is 15.2 Å². The Kier molecular flexibility index (Phi) is 6.15. The molecule has 1 aromatic heterocycles. The van der Waals surface area contributed by atoms with E-state index in [-0.39, 0.29) is 0 Å². The SMILES string of the molecule is Cn1ncc2cc(C(N)=O)c(Oc3ccc(OCCCN4CCNCC4)cc3)cc21. The number of aromatic nitrogens is 2. The lowest BCUT2D eigenvalue weighted by atomic mass is 10.1. The van der Waals surface area contributed by atoms with Crippen molar-refractivity contribution in [3.8, 4) is 17.2 Å². The van der Waals surface area contributed by atoms with E-state index >= 15 is 0 Å². The molecule has 0 bridgehead atoms. The van der Waals surface area contributed by atoms with Crippen LogP contribution in [0, 0.1) is 0 Å². The summed E-state index contributed by atoms with van der Waals surface area (Å²) in [6, 6.07) is 10.9. The summed E-state index contributed by atoms with van der Waals surface area (Å²) in [7, 11) is 1.84. The number of nitrogens with two attached hydrogens (primary N) is 1. The second-order valence-electron chi connectivity index (χ2n) is 7.41. The van der Waals surface area contributed by atoms with Gasteiger partial charge in [0.25, 0.3) is 5.91 Å². The number of nitrogens with zero attached hydrogens (tertiary/aromatic N) is 3. The Balaban J connectivity index is 1.36. The van der Waals surface area contributed by atoms with Crippen molar-refractivity contribution in [2.24, 2.45) is 12.8 Å². The number of carbonyl (C=O) groups excluding carboxylic acids is 1. The molecule has 3 aromatic rings. The number of hydrogen-bond acceptors (Lipinski definition) is 6. The van der Waals surface area contributed by atoms with E-state index in [1.807, 2.05) is 31.3 Å². The second kappa shape index (κ2) is 9.15. The van der Waals surface area contributed by atoms with Crippen molar-refractivity contribution < 1.29 is 14.3 Å². The van der Waals surface area contributed by atoms with Gasteiger partial charge in [0.2, 0.25) is 0 Å². The molecule has 2 aromatic carbocycles. The molecule has 1 fully saturated rings. The third-order valence-corrected chi connectivity index (χ3v) is 5.26. The van der Waals surface area contributed by atoms with Crippen LogP contribution in [0.15, 0.2) is 42.6 Å². The van der Waals surface area contributed by atoms with Gasteiger partial charge in [-0.25, -0.2) is 0 Å². The van der Waals surface area contributed by atoms with Crippen LogP contribution >= 0.6 is 0 Å². The van der Waals surface area contributed by atoms with Gasteiger partial charge in [0.05, 0.1) is 23.9 Å². The zero-order valence-electron chi connectivity index (χ0n) is 17.1. The number of fused-ring (bicyclic) bond motifs is 1. The number of nitrogens with one attached hydrogen (secondary N) is 1. The lowest BCUT2D eigenvalue weighted by Gasteiger charge is -2.26. The molecule has 4 rings (SSSR count). The van der Waals surface area contributed by atoms with Crippen LogP contribution in [-0.2, 0) is 7.05 Å². The fraction of sp³-hybridized carbons (Fsp3) is 0.364. The molecule has 1 amide bonds. The van der Waals surface area contributed by atoms with E-state index in [1.54, 1.807) is 23.0 Å². The molecule has 0 unspecified atom stereocenters. The number of ether oxygens (including phenoxy) is 2. The fourth-order valence-electron chi connectivity index (χ4n) is 3.60. The number of benzene rings is 2. The van der Waals surface area contributed by atoms with E-state index in [9.17, 15) is 4.79 Å². The van der Waals surface area contributed by atoms with E-state index < -0.39 is 5.91 Å². The number of hydrogen-bond donors (Lipinski definition) is 2. The molecule has 2 heterocycles. The van der Waals surface area contributed by atoms with Gasteiger partial charge < -0.3 is 25.4 Å². The number of rotatable bonds is 8. The minimum atomic E-state index is -0.541. The van der Waals surface area contributed by atoms with Crippen molar-refractivity contribution in [3.05, 3.63) is 48.2 Å². The van der Waals surface area contributed by atoms with Crippen LogP contribution in [0.5, 0.6) is 17.2 Å². The molecule has 0 saturated carbocycles. The van der Waals surface area contributed by atoms with Gasteiger partial charge >= 0.3 is 0 Å². The minimum Gasteiger partial charge on any atom is -0.494 e. The van der Waals surface area contributed by atoms with Crippen molar-refractivity contribution in [1.29, 1.82) is 0 Å². The monoisotopic (exact) mass is 409 g/mol. The summed E-state index contributed by atoms with van der Waals surface area (Å²) in [6.45, 7) is 6.05. The van der Waals surface area contributed by atoms with E-state index in [1.165, 1.54) is 0 Å². The Morgan fingerprint density at radius 3 is 2.63 bits per heavy atom. The summed E-state index contributed by atoms with van der Waals surface area (Å²) < 4.78 is 13.5. The van der Waals surface area contributed by atoms with Gasteiger partial charge in [-0.1, -0.05) is 0 Å². The van der Waals surface area contributed by atoms with Gasteiger partial charge in [-0.15, -0.1) is 0 Å². The smallest absolute Gasteiger partial charge is 0.252 e. The molecule has 1 aliphatic rings. The molecular formula is C22H27N5O3. The lowest BCUT2D eigenvalue weighted by molar-refractivity contribution is 0.0998. The molecular weight excluding hydrogens is 382 g/mol. The van der Waals surface area contributed by atoms with Crippen molar-refractivity contribution in [3.63, 3.8) is 0 Å². The first-order valence-corrected chi connectivity index (χ1v) is 10.2. The van der Waals surface area contributed by atoms with Crippen LogP contribution in [0.4, 0.5) is 0 Å². The van der Waals surface area contributed by atoms with E-state index in [0.717, 1.165) is 55.8 Å². The Morgan fingerprint density at radius 1 is 1.17 bits per heavy atom. The minimum absolute atomic E-state index is 0.323. The Labute approximate surface area is 175 Å². The van der Waals surface area contributed by atoms with E-state index in [0.29, 0.717) is 23.7 Å². The maximum absolute atomic E-state index is 11.9. The van der Waals surface area contributed by atoms with Crippen LogP contribution in [-0.4, -0.2) is 59.9 Å². The standard InChI is InChI=1S/C22H27N5O3/c1-26-20-14-21(19(22(23)28)13-16(20)15-25-26)30-18-5-3-17(4-6-18)29-12-2-9-27-10-7-24-8-11-27/h3-6,13-15,24H,2,7-12H2,1H3,(H2,23,28). The molecule has 1 saturated heterocycles. The Bertz CT molecular complexity index is 1010.